The van der Waals surface area contributed by atoms with Crippen LogP contribution in [0.5, 0.6) is 0 Å². The molecule has 2 heterocycles. The molecule has 1 unspecified atom stereocenters. The summed E-state index contributed by atoms with van der Waals surface area (Å²) < 4.78 is 26.9. The highest BCUT2D eigenvalue weighted by atomic mass is 19.1. The summed E-state index contributed by atoms with van der Waals surface area (Å²) in [5.74, 6) is -0.846. The quantitative estimate of drug-likeness (QED) is 0.393. The van der Waals surface area contributed by atoms with E-state index in [1.807, 2.05) is 6.92 Å². The van der Waals surface area contributed by atoms with E-state index in [0.717, 1.165) is 0 Å². The third-order valence-electron chi connectivity index (χ3n) is 4.95. The second-order valence-electron chi connectivity index (χ2n) is 7.47. The minimum absolute atomic E-state index is 0.0477. The molecule has 0 radical (unpaired) electrons. The largest absolute Gasteiger partial charge is 0.325 e. The molecular weight excluding hydrogens is 410 g/mol. The van der Waals surface area contributed by atoms with Gasteiger partial charge in [-0.25, -0.2) is 23.7 Å². The lowest BCUT2D eigenvalue weighted by Crippen LogP contribution is -2.14. The Bertz CT molecular complexity index is 1290. The van der Waals surface area contributed by atoms with E-state index in [4.69, 9.17) is 4.98 Å². The van der Waals surface area contributed by atoms with Gasteiger partial charge in [0, 0.05) is 17.5 Å². The Balaban J connectivity index is 1.79. The van der Waals surface area contributed by atoms with Crippen LogP contribution in [-0.2, 0) is 4.79 Å². The van der Waals surface area contributed by atoms with E-state index >= 15 is 0 Å². The highest BCUT2D eigenvalue weighted by Crippen LogP contribution is 2.31. The number of halogens is 2. The van der Waals surface area contributed by atoms with Gasteiger partial charge in [-0.3, -0.25) is 4.79 Å². The van der Waals surface area contributed by atoms with Crippen molar-refractivity contribution in [1.29, 1.82) is 0 Å². The summed E-state index contributed by atoms with van der Waals surface area (Å²) in [7, 11) is 0. The molecule has 1 amide bonds. The normalized spacial score (nSPS) is 11.8. The summed E-state index contributed by atoms with van der Waals surface area (Å²) in [5, 5.41) is 2.81. The SMILES string of the molecule is C=CC(C)CC(=O)Nc1cnc2nc(-c3ccc(F)cc3)c(-c3ccc(F)cc3)nc2c1. The van der Waals surface area contributed by atoms with Gasteiger partial charge in [0.05, 0.1) is 23.3 Å². The van der Waals surface area contributed by atoms with Crippen molar-refractivity contribution in [2.75, 3.05) is 5.32 Å². The first kappa shape index (κ1) is 21.2. The predicted molar refractivity (Wildman–Crippen MR) is 121 cm³/mol. The molecule has 0 aliphatic rings. The smallest absolute Gasteiger partial charge is 0.224 e. The fraction of sp³-hybridized carbons (Fsp3) is 0.120. The highest BCUT2D eigenvalue weighted by molar-refractivity contribution is 5.93. The summed E-state index contributed by atoms with van der Waals surface area (Å²) >= 11 is 0. The third-order valence-corrected chi connectivity index (χ3v) is 4.95. The van der Waals surface area contributed by atoms with Gasteiger partial charge in [-0.15, -0.1) is 6.58 Å². The number of pyridine rings is 1. The topological polar surface area (TPSA) is 67.8 Å². The second kappa shape index (κ2) is 9.01. The number of nitrogens with zero attached hydrogens (tertiary/aromatic N) is 3. The maximum atomic E-state index is 13.5. The Morgan fingerprint density at radius 2 is 1.56 bits per heavy atom. The molecule has 0 spiro atoms. The van der Waals surface area contributed by atoms with Crippen molar-refractivity contribution < 1.29 is 13.6 Å². The zero-order chi connectivity index (χ0) is 22.7. The molecule has 0 aliphatic heterocycles. The van der Waals surface area contributed by atoms with Gasteiger partial charge in [0.25, 0.3) is 0 Å². The van der Waals surface area contributed by atoms with Crippen molar-refractivity contribution in [3.63, 3.8) is 0 Å². The van der Waals surface area contributed by atoms with E-state index in [2.05, 4.69) is 21.9 Å². The first-order valence-corrected chi connectivity index (χ1v) is 10.0. The summed E-state index contributed by atoms with van der Waals surface area (Å²) in [5.41, 5.74) is 3.61. The Hall–Kier alpha value is -4.00. The zero-order valence-corrected chi connectivity index (χ0v) is 17.3. The molecule has 7 heteroatoms. The van der Waals surface area contributed by atoms with Crippen molar-refractivity contribution in [3.8, 4) is 22.5 Å². The van der Waals surface area contributed by atoms with Crippen LogP contribution in [0.1, 0.15) is 13.3 Å². The van der Waals surface area contributed by atoms with Crippen LogP contribution in [0, 0.1) is 17.6 Å². The van der Waals surface area contributed by atoms with Gasteiger partial charge in [0.1, 0.15) is 17.2 Å². The van der Waals surface area contributed by atoms with Crippen molar-refractivity contribution in [3.05, 3.63) is 85.1 Å². The monoisotopic (exact) mass is 430 g/mol. The van der Waals surface area contributed by atoms with Crippen molar-refractivity contribution >= 4 is 22.8 Å². The van der Waals surface area contributed by atoms with E-state index in [0.29, 0.717) is 45.8 Å². The van der Waals surface area contributed by atoms with Gasteiger partial charge in [-0.05, 0) is 60.5 Å². The number of rotatable bonds is 6. The fourth-order valence-electron chi connectivity index (χ4n) is 3.22. The predicted octanol–water partition coefficient (Wildman–Crippen LogP) is 5.79. The fourth-order valence-corrected chi connectivity index (χ4v) is 3.22. The van der Waals surface area contributed by atoms with Gasteiger partial charge in [-0.1, -0.05) is 13.0 Å². The average Bonchev–Trinajstić information content (AvgIpc) is 2.79. The number of hydrogen-bond acceptors (Lipinski definition) is 4. The van der Waals surface area contributed by atoms with Crippen molar-refractivity contribution in [1.82, 2.24) is 15.0 Å². The van der Waals surface area contributed by atoms with Crippen LogP contribution in [0.3, 0.4) is 0 Å². The summed E-state index contributed by atoms with van der Waals surface area (Å²) in [4.78, 5) is 25.9. The van der Waals surface area contributed by atoms with E-state index in [9.17, 15) is 13.6 Å². The Labute approximate surface area is 183 Å². The molecule has 160 valence electrons. The molecular formula is C25H20F2N4O. The molecule has 0 bridgehead atoms. The lowest BCUT2D eigenvalue weighted by Gasteiger charge is -2.12. The molecule has 1 atom stereocenters. The first-order chi connectivity index (χ1) is 15.4. The summed E-state index contributed by atoms with van der Waals surface area (Å²) in [6, 6.07) is 13.5. The highest BCUT2D eigenvalue weighted by Gasteiger charge is 2.15. The standard InChI is InChI=1S/C25H20F2N4O/c1-3-15(2)12-22(32)29-20-13-21-25(28-14-20)31-24(17-6-10-19(27)11-7-17)23(30-21)16-4-8-18(26)9-5-16/h3-11,13-15H,1,12H2,2H3,(H,29,32). The third kappa shape index (κ3) is 4.67. The first-order valence-electron chi connectivity index (χ1n) is 10.0. The number of benzene rings is 2. The number of carbonyl (C=O) groups excluding carboxylic acids is 1. The molecule has 4 rings (SSSR count). The number of nitrogens with one attached hydrogen (secondary N) is 1. The van der Waals surface area contributed by atoms with E-state index in [1.165, 1.54) is 30.5 Å². The van der Waals surface area contributed by atoms with E-state index in [-0.39, 0.29) is 23.5 Å². The molecule has 1 N–H and O–H groups in total. The molecule has 0 saturated carbocycles. The van der Waals surface area contributed by atoms with Crippen LogP contribution in [0.4, 0.5) is 14.5 Å². The summed E-state index contributed by atoms with van der Waals surface area (Å²) in [6.07, 6.45) is 3.53. The van der Waals surface area contributed by atoms with Crippen LogP contribution < -0.4 is 5.32 Å². The van der Waals surface area contributed by atoms with Gasteiger partial charge in [0.15, 0.2) is 5.65 Å². The van der Waals surface area contributed by atoms with E-state index in [1.54, 1.807) is 36.4 Å². The maximum Gasteiger partial charge on any atom is 0.224 e. The van der Waals surface area contributed by atoms with Crippen molar-refractivity contribution in [2.24, 2.45) is 5.92 Å². The maximum absolute atomic E-state index is 13.5. The lowest BCUT2D eigenvalue weighted by molar-refractivity contribution is -0.116. The molecule has 2 aromatic carbocycles. The van der Waals surface area contributed by atoms with Gasteiger partial charge < -0.3 is 5.32 Å². The lowest BCUT2D eigenvalue weighted by atomic mass is 10.0. The number of carbonyl (C=O) groups is 1. The second-order valence-corrected chi connectivity index (χ2v) is 7.47. The Kier molecular flexibility index (Phi) is 5.98. The molecule has 0 fully saturated rings. The number of fused-ring (bicyclic) bond motifs is 1. The van der Waals surface area contributed by atoms with Crippen LogP contribution in [0.15, 0.2) is 73.4 Å². The molecule has 0 aliphatic carbocycles. The number of hydrogen-bond donors (Lipinski definition) is 1. The Morgan fingerprint density at radius 1 is 1.00 bits per heavy atom. The molecule has 0 saturated heterocycles. The zero-order valence-electron chi connectivity index (χ0n) is 17.3. The number of aromatic nitrogens is 3. The van der Waals surface area contributed by atoms with Crippen LogP contribution in [0.25, 0.3) is 33.7 Å². The number of anilines is 1. The van der Waals surface area contributed by atoms with Gasteiger partial charge >= 0.3 is 0 Å². The minimum Gasteiger partial charge on any atom is -0.325 e. The molecule has 32 heavy (non-hydrogen) atoms. The number of allylic oxidation sites excluding steroid dienone is 1. The summed E-state index contributed by atoms with van der Waals surface area (Å²) in [6.45, 7) is 5.59. The number of amides is 1. The minimum atomic E-state index is -0.369. The van der Waals surface area contributed by atoms with Crippen LogP contribution in [0.2, 0.25) is 0 Å². The molecule has 5 nitrogen and oxygen atoms in total. The Morgan fingerprint density at radius 3 is 2.12 bits per heavy atom. The average molecular weight is 430 g/mol. The van der Waals surface area contributed by atoms with Gasteiger partial charge in [-0.2, -0.15) is 0 Å². The van der Waals surface area contributed by atoms with E-state index < -0.39 is 0 Å². The van der Waals surface area contributed by atoms with Crippen LogP contribution in [-0.4, -0.2) is 20.9 Å². The van der Waals surface area contributed by atoms with Crippen molar-refractivity contribution in [2.45, 2.75) is 13.3 Å². The van der Waals surface area contributed by atoms with Crippen LogP contribution >= 0.6 is 0 Å². The van der Waals surface area contributed by atoms with Gasteiger partial charge in [0.2, 0.25) is 5.91 Å². The molecule has 4 aromatic rings. The molecule has 2 aromatic heterocycles.